The van der Waals surface area contributed by atoms with Crippen LogP contribution >= 0.6 is 0 Å². The van der Waals surface area contributed by atoms with E-state index in [0.29, 0.717) is 17.5 Å². The van der Waals surface area contributed by atoms with E-state index in [1.807, 2.05) is 54.7 Å². The number of imide groups is 1. The molecule has 0 bridgehead atoms. The Hall–Kier alpha value is -3.66. The first-order valence-electron chi connectivity index (χ1n) is 9.31. The molecule has 4 nitrogen and oxygen atoms in total. The fourth-order valence-corrected chi connectivity index (χ4v) is 4.03. The number of nitrogens with one attached hydrogen (secondary N) is 1. The van der Waals surface area contributed by atoms with Crippen molar-refractivity contribution in [3.63, 3.8) is 0 Å². The van der Waals surface area contributed by atoms with Crippen LogP contribution in [0.5, 0.6) is 0 Å². The fourth-order valence-electron chi connectivity index (χ4n) is 4.03. The van der Waals surface area contributed by atoms with E-state index >= 15 is 0 Å². The molecular weight excluding hydrogens is 348 g/mol. The Labute approximate surface area is 162 Å². The van der Waals surface area contributed by atoms with E-state index in [9.17, 15) is 9.59 Å². The minimum absolute atomic E-state index is 0.228. The number of H-pyrrole nitrogens is 1. The third-order valence-electron chi connectivity index (χ3n) is 5.41. The van der Waals surface area contributed by atoms with Crippen LogP contribution in [0.15, 0.2) is 85.1 Å². The average molecular weight is 366 g/mol. The summed E-state index contributed by atoms with van der Waals surface area (Å²) in [6.07, 6.45) is 2.53. The topological polar surface area (TPSA) is 53.2 Å². The molecule has 3 aromatic carbocycles. The highest BCUT2D eigenvalue weighted by Crippen LogP contribution is 2.35. The molecule has 0 saturated carbocycles. The van der Waals surface area contributed by atoms with Gasteiger partial charge in [0.15, 0.2) is 0 Å². The Morgan fingerprint density at radius 2 is 1.36 bits per heavy atom. The smallest absolute Gasteiger partial charge is 0.262 e. The Kier molecular flexibility index (Phi) is 3.83. The summed E-state index contributed by atoms with van der Waals surface area (Å²) in [5, 5.41) is 1.11. The van der Waals surface area contributed by atoms with Crippen molar-refractivity contribution in [1.82, 2.24) is 9.88 Å². The molecule has 0 radical (unpaired) electrons. The lowest BCUT2D eigenvalue weighted by Gasteiger charge is -2.26. The van der Waals surface area contributed by atoms with E-state index in [-0.39, 0.29) is 17.9 Å². The van der Waals surface area contributed by atoms with Gasteiger partial charge in [0.2, 0.25) is 0 Å². The molecule has 0 unspecified atom stereocenters. The number of hydrogen-bond acceptors (Lipinski definition) is 2. The van der Waals surface area contributed by atoms with Crippen LogP contribution in [0.25, 0.3) is 10.9 Å². The van der Waals surface area contributed by atoms with E-state index < -0.39 is 0 Å². The van der Waals surface area contributed by atoms with Crippen LogP contribution in [0.1, 0.15) is 37.9 Å². The number of fused-ring (bicyclic) bond motifs is 2. The summed E-state index contributed by atoms with van der Waals surface area (Å²) in [6.45, 7) is 0. The zero-order valence-corrected chi connectivity index (χ0v) is 15.1. The summed E-state index contributed by atoms with van der Waals surface area (Å²) in [7, 11) is 0. The van der Waals surface area contributed by atoms with Crippen LogP contribution in [0, 0.1) is 0 Å². The molecule has 28 heavy (non-hydrogen) atoms. The normalized spacial score (nSPS) is 14.5. The molecule has 2 amide bonds. The van der Waals surface area contributed by atoms with Gasteiger partial charge in [0.25, 0.3) is 11.8 Å². The lowest BCUT2D eigenvalue weighted by molar-refractivity contribution is 0.0581. The highest BCUT2D eigenvalue weighted by Gasteiger charge is 2.40. The van der Waals surface area contributed by atoms with Crippen molar-refractivity contribution in [2.24, 2.45) is 0 Å². The first-order valence-corrected chi connectivity index (χ1v) is 9.31. The first-order chi connectivity index (χ1) is 13.7. The second kappa shape index (κ2) is 6.50. The van der Waals surface area contributed by atoms with Gasteiger partial charge >= 0.3 is 0 Å². The Balaban J connectivity index is 1.60. The van der Waals surface area contributed by atoms with Gasteiger partial charge in [-0.2, -0.15) is 0 Å². The number of para-hydroxylation sites is 1. The SMILES string of the molecule is O=C1c2ccccc2C(=O)N1[C@H](Cc1c[nH]c2ccccc12)c1ccccc1. The van der Waals surface area contributed by atoms with Gasteiger partial charge in [0.05, 0.1) is 17.2 Å². The van der Waals surface area contributed by atoms with Crippen LogP contribution in [0.4, 0.5) is 0 Å². The van der Waals surface area contributed by atoms with Gasteiger partial charge in [-0.15, -0.1) is 0 Å². The van der Waals surface area contributed by atoms with Crippen molar-refractivity contribution in [2.75, 3.05) is 0 Å². The predicted octanol–water partition coefficient (Wildman–Crippen LogP) is 4.75. The maximum atomic E-state index is 13.1. The third-order valence-corrected chi connectivity index (χ3v) is 5.41. The van der Waals surface area contributed by atoms with Gasteiger partial charge in [0.1, 0.15) is 0 Å². The number of benzene rings is 3. The number of nitrogens with zero attached hydrogens (tertiary/aromatic N) is 1. The van der Waals surface area contributed by atoms with Gasteiger partial charge in [-0.25, -0.2) is 0 Å². The lowest BCUT2D eigenvalue weighted by Crippen LogP contribution is -2.35. The number of amides is 2. The van der Waals surface area contributed by atoms with Crippen LogP contribution < -0.4 is 0 Å². The molecule has 4 aromatic rings. The van der Waals surface area contributed by atoms with Crippen molar-refractivity contribution in [1.29, 1.82) is 0 Å². The van der Waals surface area contributed by atoms with Gasteiger partial charge in [0, 0.05) is 17.1 Å². The molecule has 1 aromatic heterocycles. The largest absolute Gasteiger partial charge is 0.361 e. The summed E-state index contributed by atoms with van der Waals surface area (Å²) >= 11 is 0. The maximum absolute atomic E-state index is 13.1. The molecule has 0 aliphatic carbocycles. The van der Waals surface area contributed by atoms with Crippen LogP contribution in [0.2, 0.25) is 0 Å². The van der Waals surface area contributed by atoms with Crippen molar-refractivity contribution >= 4 is 22.7 Å². The van der Waals surface area contributed by atoms with E-state index in [1.165, 1.54) is 4.90 Å². The average Bonchev–Trinajstić information content (AvgIpc) is 3.26. The van der Waals surface area contributed by atoms with Crippen molar-refractivity contribution in [3.05, 3.63) is 107 Å². The van der Waals surface area contributed by atoms with Crippen LogP contribution in [-0.4, -0.2) is 21.7 Å². The second-order valence-corrected chi connectivity index (χ2v) is 7.02. The molecule has 1 aliphatic rings. The molecule has 1 aliphatic heterocycles. The molecule has 136 valence electrons. The highest BCUT2D eigenvalue weighted by atomic mass is 16.2. The van der Waals surface area contributed by atoms with Gasteiger partial charge < -0.3 is 4.98 Å². The van der Waals surface area contributed by atoms with E-state index in [2.05, 4.69) is 11.1 Å². The Bertz CT molecular complexity index is 1160. The molecule has 1 N–H and O–H groups in total. The minimum Gasteiger partial charge on any atom is -0.361 e. The molecule has 2 heterocycles. The maximum Gasteiger partial charge on any atom is 0.262 e. The number of aromatic nitrogens is 1. The molecule has 0 spiro atoms. The molecular formula is C24H18N2O2. The second-order valence-electron chi connectivity index (χ2n) is 7.02. The van der Waals surface area contributed by atoms with Crippen molar-refractivity contribution in [2.45, 2.75) is 12.5 Å². The summed E-state index contributed by atoms with van der Waals surface area (Å²) in [5.74, 6) is -0.455. The highest BCUT2D eigenvalue weighted by molar-refractivity contribution is 6.21. The van der Waals surface area contributed by atoms with Crippen molar-refractivity contribution < 1.29 is 9.59 Å². The predicted molar refractivity (Wildman–Crippen MR) is 108 cm³/mol. The van der Waals surface area contributed by atoms with E-state index in [4.69, 9.17) is 0 Å². The fraction of sp³-hybridized carbons (Fsp3) is 0.0833. The van der Waals surface area contributed by atoms with E-state index in [1.54, 1.807) is 24.3 Å². The number of carbonyl (C=O) groups excluding carboxylic acids is 2. The summed E-state index contributed by atoms with van der Waals surface area (Å²) in [6, 6.07) is 24.5. The molecule has 4 heteroatoms. The minimum atomic E-state index is -0.368. The zero-order chi connectivity index (χ0) is 19.1. The quantitative estimate of drug-likeness (QED) is 0.530. The van der Waals surface area contributed by atoms with Gasteiger partial charge in [-0.1, -0.05) is 60.7 Å². The summed E-state index contributed by atoms with van der Waals surface area (Å²) in [4.78, 5) is 30.9. The third kappa shape index (κ3) is 2.54. The number of hydrogen-bond donors (Lipinski definition) is 1. The standard InChI is InChI=1S/C24H18N2O2/c27-23-19-11-4-5-12-20(19)24(28)26(23)22(16-8-2-1-3-9-16)14-17-15-25-21-13-7-6-10-18(17)21/h1-13,15,22,25H,14H2/t22-/m1/s1. The number of carbonyl (C=O) groups is 2. The zero-order valence-electron chi connectivity index (χ0n) is 15.1. The van der Waals surface area contributed by atoms with E-state index in [0.717, 1.165) is 22.0 Å². The Morgan fingerprint density at radius 3 is 2.07 bits per heavy atom. The number of rotatable bonds is 4. The van der Waals surface area contributed by atoms with Gasteiger partial charge in [-0.05, 0) is 35.7 Å². The van der Waals surface area contributed by atoms with Crippen molar-refractivity contribution in [3.8, 4) is 0 Å². The molecule has 0 fully saturated rings. The van der Waals surface area contributed by atoms with Crippen LogP contribution in [0.3, 0.4) is 0 Å². The molecule has 0 saturated heterocycles. The van der Waals surface area contributed by atoms with Gasteiger partial charge in [-0.3, -0.25) is 14.5 Å². The molecule has 1 atom stereocenters. The first kappa shape index (κ1) is 16.5. The monoisotopic (exact) mass is 366 g/mol. The summed E-state index contributed by atoms with van der Waals surface area (Å²) in [5.41, 5.74) is 4.04. The van der Waals surface area contributed by atoms with Crippen LogP contribution in [-0.2, 0) is 6.42 Å². The molecule has 5 rings (SSSR count). The number of aromatic amines is 1. The lowest BCUT2D eigenvalue weighted by atomic mass is 9.97. The summed E-state index contributed by atoms with van der Waals surface area (Å²) < 4.78 is 0. The Morgan fingerprint density at radius 1 is 0.750 bits per heavy atom.